The minimum atomic E-state index is -0.402. The van der Waals surface area contributed by atoms with Gasteiger partial charge in [0, 0.05) is 11.1 Å². The number of hydrogen-bond donors (Lipinski definition) is 2. The molecular weight excluding hydrogens is 407 g/mol. The number of carbonyl (C=O) groups is 2. The standard InChI is InChI=1S/C21H15FN4O3S/c22-15-8-4-7-14(11-15)19-25-21(29-26-19)18-16(9-10-30-18)24-17(27)12-23-20(28)13-5-2-1-3-6-13/h1-11H,12H2,(H,23,28)(H,24,27). The van der Waals surface area contributed by atoms with Gasteiger partial charge in [-0.1, -0.05) is 35.5 Å². The Morgan fingerprint density at radius 3 is 2.70 bits per heavy atom. The molecule has 150 valence electrons. The van der Waals surface area contributed by atoms with Crippen LogP contribution in [0.15, 0.2) is 70.6 Å². The second-order valence-electron chi connectivity index (χ2n) is 6.19. The number of benzene rings is 2. The first kappa shape index (κ1) is 19.5. The van der Waals surface area contributed by atoms with Crippen LogP contribution in [0.2, 0.25) is 0 Å². The molecule has 0 aliphatic carbocycles. The van der Waals surface area contributed by atoms with Crippen LogP contribution in [0.4, 0.5) is 10.1 Å². The summed E-state index contributed by atoms with van der Waals surface area (Å²) in [6, 6.07) is 16.2. The number of thiophene rings is 1. The smallest absolute Gasteiger partial charge is 0.270 e. The van der Waals surface area contributed by atoms with Crippen molar-refractivity contribution in [2.75, 3.05) is 11.9 Å². The van der Waals surface area contributed by atoms with Crippen LogP contribution in [-0.4, -0.2) is 28.5 Å². The maximum Gasteiger partial charge on any atom is 0.270 e. The van der Waals surface area contributed by atoms with E-state index in [1.54, 1.807) is 53.9 Å². The molecule has 0 fully saturated rings. The molecule has 0 aliphatic rings. The van der Waals surface area contributed by atoms with Crippen molar-refractivity contribution in [3.05, 3.63) is 77.4 Å². The predicted molar refractivity (Wildman–Crippen MR) is 110 cm³/mol. The van der Waals surface area contributed by atoms with Gasteiger partial charge in [-0.15, -0.1) is 11.3 Å². The second-order valence-corrected chi connectivity index (χ2v) is 7.11. The van der Waals surface area contributed by atoms with E-state index >= 15 is 0 Å². The maximum atomic E-state index is 13.4. The molecule has 0 saturated heterocycles. The molecule has 0 saturated carbocycles. The molecule has 2 aromatic heterocycles. The molecule has 30 heavy (non-hydrogen) atoms. The van der Waals surface area contributed by atoms with Crippen molar-refractivity contribution >= 4 is 28.8 Å². The number of carbonyl (C=O) groups excluding carboxylic acids is 2. The van der Waals surface area contributed by atoms with E-state index < -0.39 is 11.7 Å². The van der Waals surface area contributed by atoms with E-state index in [1.807, 2.05) is 0 Å². The van der Waals surface area contributed by atoms with E-state index in [1.165, 1.54) is 23.5 Å². The van der Waals surface area contributed by atoms with E-state index in [0.29, 0.717) is 21.7 Å². The Labute approximate surface area is 174 Å². The number of nitrogens with zero attached hydrogens (tertiary/aromatic N) is 2. The van der Waals surface area contributed by atoms with E-state index in [0.717, 1.165) is 0 Å². The summed E-state index contributed by atoms with van der Waals surface area (Å²) in [6.07, 6.45) is 0. The minimum absolute atomic E-state index is 0.193. The van der Waals surface area contributed by atoms with E-state index in [-0.39, 0.29) is 24.2 Å². The quantitative estimate of drug-likeness (QED) is 0.490. The van der Waals surface area contributed by atoms with Crippen LogP contribution in [0.3, 0.4) is 0 Å². The Morgan fingerprint density at radius 2 is 1.90 bits per heavy atom. The van der Waals surface area contributed by atoms with Crippen molar-refractivity contribution in [1.29, 1.82) is 0 Å². The zero-order valence-electron chi connectivity index (χ0n) is 15.5. The minimum Gasteiger partial charge on any atom is -0.343 e. The van der Waals surface area contributed by atoms with Gasteiger partial charge in [0.1, 0.15) is 10.7 Å². The number of rotatable bonds is 6. The Bertz CT molecular complexity index is 1190. The fraction of sp³-hybridized carbons (Fsp3) is 0.0476. The number of anilines is 1. The summed E-state index contributed by atoms with van der Waals surface area (Å²) < 4.78 is 18.7. The molecule has 0 radical (unpaired) electrons. The summed E-state index contributed by atoms with van der Waals surface area (Å²) in [5.41, 5.74) is 1.43. The molecule has 2 heterocycles. The summed E-state index contributed by atoms with van der Waals surface area (Å²) in [7, 11) is 0. The van der Waals surface area contributed by atoms with Crippen molar-refractivity contribution in [2.24, 2.45) is 0 Å². The van der Waals surface area contributed by atoms with Crippen LogP contribution in [-0.2, 0) is 4.79 Å². The molecule has 2 N–H and O–H groups in total. The fourth-order valence-electron chi connectivity index (χ4n) is 2.68. The summed E-state index contributed by atoms with van der Waals surface area (Å²) in [6.45, 7) is -0.193. The van der Waals surface area contributed by atoms with Gasteiger partial charge in [-0.2, -0.15) is 4.98 Å². The Kier molecular flexibility index (Phi) is 5.62. The van der Waals surface area contributed by atoms with Crippen LogP contribution < -0.4 is 10.6 Å². The van der Waals surface area contributed by atoms with Gasteiger partial charge >= 0.3 is 0 Å². The normalized spacial score (nSPS) is 10.6. The second kappa shape index (κ2) is 8.66. The van der Waals surface area contributed by atoms with Crippen LogP contribution in [0.1, 0.15) is 10.4 Å². The van der Waals surface area contributed by atoms with Gasteiger partial charge in [0.25, 0.3) is 11.8 Å². The number of nitrogens with one attached hydrogen (secondary N) is 2. The molecule has 0 bridgehead atoms. The van der Waals surface area contributed by atoms with Gasteiger partial charge in [0.15, 0.2) is 0 Å². The van der Waals surface area contributed by atoms with Crippen molar-refractivity contribution in [2.45, 2.75) is 0 Å². The number of aromatic nitrogens is 2. The van der Waals surface area contributed by atoms with E-state index in [9.17, 15) is 14.0 Å². The lowest BCUT2D eigenvalue weighted by Crippen LogP contribution is -2.32. The lowest BCUT2D eigenvalue weighted by Gasteiger charge is -2.06. The van der Waals surface area contributed by atoms with Crippen LogP contribution in [0, 0.1) is 5.82 Å². The monoisotopic (exact) mass is 422 g/mol. The summed E-state index contributed by atoms with van der Waals surface area (Å²) in [5.74, 6) is -0.699. The lowest BCUT2D eigenvalue weighted by atomic mass is 10.2. The van der Waals surface area contributed by atoms with E-state index in [2.05, 4.69) is 20.8 Å². The van der Waals surface area contributed by atoms with Crippen molar-refractivity contribution in [1.82, 2.24) is 15.5 Å². The molecule has 2 aromatic carbocycles. The Hall–Kier alpha value is -3.85. The predicted octanol–water partition coefficient (Wildman–Crippen LogP) is 3.97. The molecule has 9 heteroatoms. The van der Waals surface area contributed by atoms with Gasteiger partial charge in [-0.25, -0.2) is 4.39 Å². The molecule has 7 nitrogen and oxygen atoms in total. The van der Waals surface area contributed by atoms with Gasteiger partial charge in [0.2, 0.25) is 11.7 Å². The number of halogens is 1. The highest BCUT2D eigenvalue weighted by atomic mass is 32.1. The average molecular weight is 422 g/mol. The van der Waals surface area contributed by atoms with Crippen LogP contribution in [0.25, 0.3) is 22.2 Å². The Morgan fingerprint density at radius 1 is 1.07 bits per heavy atom. The SMILES string of the molecule is O=C(CNC(=O)c1ccccc1)Nc1ccsc1-c1nc(-c2cccc(F)c2)no1. The average Bonchev–Trinajstić information content (AvgIpc) is 3.42. The zero-order valence-corrected chi connectivity index (χ0v) is 16.3. The molecule has 4 rings (SSSR count). The molecular formula is C21H15FN4O3S. The first-order chi connectivity index (χ1) is 14.6. The first-order valence-electron chi connectivity index (χ1n) is 8.91. The van der Waals surface area contributed by atoms with Gasteiger partial charge in [-0.3, -0.25) is 9.59 Å². The summed E-state index contributed by atoms with van der Waals surface area (Å²) in [5, 5.41) is 10.9. The third-order valence-corrected chi connectivity index (χ3v) is 4.99. The lowest BCUT2D eigenvalue weighted by molar-refractivity contribution is -0.115. The molecule has 0 aliphatic heterocycles. The largest absolute Gasteiger partial charge is 0.343 e. The van der Waals surface area contributed by atoms with Gasteiger partial charge in [0.05, 0.1) is 12.2 Å². The molecule has 2 amide bonds. The fourth-order valence-corrected chi connectivity index (χ4v) is 3.45. The topological polar surface area (TPSA) is 97.1 Å². The molecule has 0 atom stereocenters. The van der Waals surface area contributed by atoms with Crippen molar-refractivity contribution in [3.63, 3.8) is 0 Å². The van der Waals surface area contributed by atoms with E-state index in [4.69, 9.17) is 4.52 Å². The molecule has 0 spiro atoms. The summed E-state index contributed by atoms with van der Waals surface area (Å²) in [4.78, 5) is 29.2. The van der Waals surface area contributed by atoms with Crippen molar-refractivity contribution < 1.29 is 18.5 Å². The number of hydrogen-bond acceptors (Lipinski definition) is 6. The van der Waals surface area contributed by atoms with Crippen LogP contribution >= 0.6 is 11.3 Å². The third-order valence-electron chi connectivity index (χ3n) is 4.09. The van der Waals surface area contributed by atoms with Crippen molar-refractivity contribution in [3.8, 4) is 22.2 Å². The highest BCUT2D eigenvalue weighted by Crippen LogP contribution is 2.33. The molecule has 0 unspecified atom stereocenters. The summed E-state index contributed by atoms with van der Waals surface area (Å²) >= 11 is 1.31. The molecule has 4 aromatic rings. The first-order valence-corrected chi connectivity index (χ1v) is 9.79. The maximum absolute atomic E-state index is 13.4. The van der Waals surface area contributed by atoms with Crippen LogP contribution in [0.5, 0.6) is 0 Å². The third kappa shape index (κ3) is 4.41. The zero-order chi connectivity index (χ0) is 20.9. The van der Waals surface area contributed by atoms with Gasteiger partial charge in [-0.05, 0) is 35.7 Å². The Balaban J connectivity index is 1.42. The highest BCUT2D eigenvalue weighted by Gasteiger charge is 2.18. The highest BCUT2D eigenvalue weighted by molar-refractivity contribution is 7.14. The van der Waals surface area contributed by atoms with Gasteiger partial charge < -0.3 is 15.2 Å². The number of amides is 2.